The van der Waals surface area contributed by atoms with E-state index in [0.29, 0.717) is 30.2 Å². The monoisotopic (exact) mass is 621 g/mol. The highest BCUT2D eigenvalue weighted by Gasteiger charge is 2.40. The van der Waals surface area contributed by atoms with Crippen molar-refractivity contribution < 1.29 is 35.1 Å². The largest absolute Gasteiger partial charge is 0.496 e. The molecule has 1 aromatic heterocycles. The summed E-state index contributed by atoms with van der Waals surface area (Å²) >= 11 is 3.28. The zero-order chi connectivity index (χ0) is 28.2. The van der Waals surface area contributed by atoms with E-state index in [-0.39, 0.29) is 16.0 Å². The zero-order valence-electron chi connectivity index (χ0n) is 20.8. The van der Waals surface area contributed by atoms with Crippen molar-refractivity contribution in [2.45, 2.75) is 56.3 Å². The van der Waals surface area contributed by atoms with Crippen molar-refractivity contribution in [3.8, 4) is 17.0 Å². The SMILES string of the molecule is COc1cc(S(=O)(=O)NC(c2cnn(C(C)(C)C)c2-c2cc(F)c(F)cc2Br)C2CC2)ccc1C(F)(F)F. The van der Waals surface area contributed by atoms with Crippen molar-refractivity contribution in [1.82, 2.24) is 14.5 Å². The molecule has 1 saturated carbocycles. The second-order valence-corrected chi connectivity index (χ2v) is 12.6. The molecule has 38 heavy (non-hydrogen) atoms. The molecule has 1 aliphatic carbocycles. The van der Waals surface area contributed by atoms with Crippen LogP contribution in [0.25, 0.3) is 11.3 Å². The summed E-state index contributed by atoms with van der Waals surface area (Å²) in [5, 5.41) is 4.46. The quantitative estimate of drug-likeness (QED) is 0.232. The van der Waals surface area contributed by atoms with Gasteiger partial charge in [0, 0.05) is 21.7 Å². The Labute approximate surface area is 225 Å². The van der Waals surface area contributed by atoms with Crippen LogP contribution in [0.2, 0.25) is 0 Å². The lowest BCUT2D eigenvalue weighted by Gasteiger charge is -2.26. The number of benzene rings is 2. The van der Waals surface area contributed by atoms with Gasteiger partial charge in [-0.05, 0) is 79.7 Å². The highest BCUT2D eigenvalue weighted by molar-refractivity contribution is 9.10. The first-order valence-corrected chi connectivity index (χ1v) is 13.8. The number of hydrogen-bond acceptors (Lipinski definition) is 4. The van der Waals surface area contributed by atoms with E-state index in [1.165, 1.54) is 6.20 Å². The fourth-order valence-corrected chi connectivity index (χ4v) is 6.02. The summed E-state index contributed by atoms with van der Waals surface area (Å²) in [7, 11) is -3.32. The Morgan fingerprint density at radius 1 is 1.11 bits per heavy atom. The van der Waals surface area contributed by atoms with Crippen LogP contribution in [-0.4, -0.2) is 25.3 Å². The topological polar surface area (TPSA) is 73.2 Å². The average Bonchev–Trinajstić information content (AvgIpc) is 3.55. The van der Waals surface area contributed by atoms with Crippen molar-refractivity contribution in [1.29, 1.82) is 0 Å². The second-order valence-electron chi connectivity index (χ2n) is 10.1. The van der Waals surface area contributed by atoms with Crippen LogP contribution in [0.15, 0.2) is 45.9 Å². The highest BCUT2D eigenvalue weighted by Crippen LogP contribution is 2.47. The normalized spacial score (nSPS) is 15.5. The van der Waals surface area contributed by atoms with E-state index in [2.05, 4.69) is 25.8 Å². The Balaban J connectivity index is 1.83. The van der Waals surface area contributed by atoms with E-state index in [9.17, 15) is 30.4 Å². The van der Waals surface area contributed by atoms with Crippen LogP contribution < -0.4 is 9.46 Å². The van der Waals surface area contributed by atoms with E-state index in [4.69, 9.17) is 4.74 Å². The molecule has 0 spiro atoms. The van der Waals surface area contributed by atoms with Crippen molar-refractivity contribution >= 4 is 26.0 Å². The molecule has 2 aromatic carbocycles. The number of halogens is 6. The molecule has 1 aliphatic rings. The third-order valence-corrected chi connectivity index (χ3v) is 8.29. The van der Waals surface area contributed by atoms with Gasteiger partial charge >= 0.3 is 6.18 Å². The predicted octanol–water partition coefficient (Wildman–Crippen LogP) is 6.80. The minimum absolute atomic E-state index is 0.137. The third-order valence-electron chi connectivity index (χ3n) is 6.20. The lowest BCUT2D eigenvalue weighted by atomic mass is 9.98. The molecular formula is C25H25BrF5N3O3S. The molecule has 6 nitrogen and oxygen atoms in total. The summed E-state index contributed by atoms with van der Waals surface area (Å²) < 4.78 is 104. The summed E-state index contributed by atoms with van der Waals surface area (Å²) in [6.45, 7) is 5.56. The molecule has 4 rings (SSSR count). The van der Waals surface area contributed by atoms with Gasteiger partial charge in [0.15, 0.2) is 11.6 Å². The summed E-state index contributed by atoms with van der Waals surface area (Å²) in [4.78, 5) is -0.410. The van der Waals surface area contributed by atoms with E-state index in [1.807, 2.05) is 20.8 Å². The Bertz CT molecular complexity index is 1480. The first-order valence-electron chi connectivity index (χ1n) is 11.6. The van der Waals surface area contributed by atoms with Crippen LogP contribution in [0.1, 0.15) is 50.8 Å². The maximum absolute atomic E-state index is 14.3. The number of alkyl halides is 3. The molecule has 1 unspecified atom stereocenters. The number of rotatable bonds is 7. The smallest absolute Gasteiger partial charge is 0.419 e. The summed E-state index contributed by atoms with van der Waals surface area (Å²) in [5.41, 5.74) is -0.641. The van der Waals surface area contributed by atoms with Crippen LogP contribution >= 0.6 is 15.9 Å². The number of aromatic nitrogens is 2. The molecule has 3 aromatic rings. The van der Waals surface area contributed by atoms with Gasteiger partial charge in [-0.2, -0.15) is 18.3 Å². The molecule has 1 heterocycles. The Kier molecular flexibility index (Phi) is 7.43. The lowest BCUT2D eigenvalue weighted by Crippen LogP contribution is -2.31. The van der Waals surface area contributed by atoms with E-state index in [1.54, 1.807) is 4.68 Å². The lowest BCUT2D eigenvalue weighted by molar-refractivity contribution is -0.138. The molecule has 1 atom stereocenters. The standard InChI is InChI=1S/C25H25BrF5N3O3S/c1-24(2,3)34-23(15-10-19(27)20(28)11-18(15)26)16(12-32-34)22(13-5-6-13)33-38(35,36)14-7-8-17(25(29,30)31)21(9-14)37-4/h7-13,22,33H,5-6H2,1-4H3. The van der Waals surface area contributed by atoms with Gasteiger partial charge in [-0.15, -0.1) is 0 Å². The molecule has 1 fully saturated rings. The highest BCUT2D eigenvalue weighted by atomic mass is 79.9. The van der Waals surface area contributed by atoms with Gasteiger partial charge in [-0.25, -0.2) is 21.9 Å². The third kappa shape index (κ3) is 5.59. The number of ether oxygens (including phenoxy) is 1. The van der Waals surface area contributed by atoms with Gasteiger partial charge in [-0.3, -0.25) is 4.68 Å². The molecule has 0 saturated heterocycles. The van der Waals surface area contributed by atoms with Gasteiger partial charge in [0.25, 0.3) is 0 Å². The van der Waals surface area contributed by atoms with E-state index < -0.39 is 55.6 Å². The minimum Gasteiger partial charge on any atom is -0.496 e. The van der Waals surface area contributed by atoms with Gasteiger partial charge in [-0.1, -0.05) is 0 Å². The molecular weight excluding hydrogens is 597 g/mol. The Morgan fingerprint density at radius 3 is 2.29 bits per heavy atom. The minimum atomic E-state index is -4.73. The predicted molar refractivity (Wildman–Crippen MR) is 134 cm³/mol. The maximum atomic E-state index is 14.3. The molecule has 1 N–H and O–H groups in total. The summed E-state index contributed by atoms with van der Waals surface area (Å²) in [6, 6.07) is 3.50. The van der Waals surface area contributed by atoms with Crippen LogP contribution in [-0.2, 0) is 21.7 Å². The number of sulfonamides is 1. The number of nitrogens with zero attached hydrogens (tertiary/aromatic N) is 2. The van der Waals surface area contributed by atoms with Gasteiger partial charge in [0.1, 0.15) is 5.75 Å². The van der Waals surface area contributed by atoms with Crippen molar-refractivity contribution in [3.05, 3.63) is 63.8 Å². The summed E-state index contributed by atoms with van der Waals surface area (Å²) in [5.74, 6) is -2.91. The number of nitrogens with one attached hydrogen (secondary N) is 1. The van der Waals surface area contributed by atoms with Crippen molar-refractivity contribution in [2.24, 2.45) is 5.92 Å². The summed E-state index contributed by atoms with van der Waals surface area (Å²) in [6.07, 6.45) is -1.88. The molecule has 0 bridgehead atoms. The molecule has 13 heteroatoms. The van der Waals surface area contributed by atoms with Crippen LogP contribution in [0.3, 0.4) is 0 Å². The Hall–Kier alpha value is -2.51. The fourth-order valence-electron chi connectivity index (χ4n) is 4.22. The van der Waals surface area contributed by atoms with E-state index in [0.717, 1.165) is 31.4 Å². The Morgan fingerprint density at radius 2 is 1.74 bits per heavy atom. The molecule has 0 amide bonds. The first kappa shape index (κ1) is 28.5. The van der Waals surface area contributed by atoms with Crippen LogP contribution in [0, 0.1) is 17.6 Å². The molecule has 0 aliphatic heterocycles. The van der Waals surface area contributed by atoms with Gasteiger partial charge in [0.2, 0.25) is 10.0 Å². The number of hydrogen-bond donors (Lipinski definition) is 1. The first-order chi connectivity index (χ1) is 17.5. The molecule has 0 radical (unpaired) electrons. The number of methoxy groups -OCH3 is 1. The van der Waals surface area contributed by atoms with Crippen molar-refractivity contribution in [2.75, 3.05) is 7.11 Å². The van der Waals surface area contributed by atoms with Crippen LogP contribution in [0.5, 0.6) is 5.75 Å². The van der Waals surface area contributed by atoms with Crippen molar-refractivity contribution in [3.63, 3.8) is 0 Å². The van der Waals surface area contributed by atoms with Crippen LogP contribution in [0.4, 0.5) is 22.0 Å². The zero-order valence-corrected chi connectivity index (χ0v) is 23.2. The van der Waals surface area contributed by atoms with Gasteiger partial charge in [0.05, 0.1) is 41.0 Å². The second kappa shape index (κ2) is 9.91. The average molecular weight is 622 g/mol. The van der Waals surface area contributed by atoms with Gasteiger partial charge < -0.3 is 4.74 Å². The molecule has 206 valence electrons. The van der Waals surface area contributed by atoms with E-state index >= 15 is 0 Å². The maximum Gasteiger partial charge on any atom is 0.419 e. The fraction of sp³-hybridized carbons (Fsp3) is 0.400.